The van der Waals surface area contributed by atoms with Crippen LogP contribution in [0.25, 0.3) is 0 Å². The molecule has 1 atom stereocenters. The van der Waals surface area contributed by atoms with Crippen molar-refractivity contribution in [3.05, 3.63) is 28.2 Å². The number of ether oxygens (including phenoxy) is 1. The lowest BCUT2D eigenvalue weighted by atomic mass is 10.1. The second kappa shape index (κ2) is 6.26. The molecule has 1 N–H and O–H groups in total. The van der Waals surface area contributed by atoms with Gasteiger partial charge in [-0.25, -0.2) is 8.42 Å². The standard InChI is InChI=1S/C15H22BrNO3S/c1-15(2,3)17-9-11-4-5-14(13(16)8-11)20-12-6-7-21(18,19)10-12/h4-5,8,12,17H,6-7,9-10H2,1-3H3. The molecule has 0 bridgehead atoms. The van der Waals surface area contributed by atoms with Gasteiger partial charge in [-0.3, -0.25) is 0 Å². The Morgan fingerprint density at radius 2 is 2.10 bits per heavy atom. The lowest BCUT2D eigenvalue weighted by molar-refractivity contribution is 0.227. The van der Waals surface area contributed by atoms with E-state index in [1.807, 2.05) is 18.2 Å². The summed E-state index contributed by atoms with van der Waals surface area (Å²) in [5, 5.41) is 3.43. The Morgan fingerprint density at radius 3 is 2.62 bits per heavy atom. The molecule has 1 saturated heterocycles. The maximum absolute atomic E-state index is 11.4. The number of rotatable bonds is 4. The summed E-state index contributed by atoms with van der Waals surface area (Å²) in [5.74, 6) is 1.05. The molecule has 1 fully saturated rings. The van der Waals surface area contributed by atoms with Crippen LogP contribution >= 0.6 is 15.9 Å². The third-order valence-electron chi connectivity index (χ3n) is 3.30. The van der Waals surface area contributed by atoms with Crippen molar-refractivity contribution in [1.82, 2.24) is 5.32 Å². The number of hydrogen-bond donors (Lipinski definition) is 1. The second-order valence-electron chi connectivity index (χ2n) is 6.51. The van der Waals surface area contributed by atoms with Gasteiger partial charge in [-0.2, -0.15) is 0 Å². The van der Waals surface area contributed by atoms with Crippen LogP contribution in [-0.4, -0.2) is 31.6 Å². The molecule has 118 valence electrons. The summed E-state index contributed by atoms with van der Waals surface area (Å²) in [6.45, 7) is 7.15. The first-order valence-corrected chi connectivity index (χ1v) is 9.67. The minimum absolute atomic E-state index is 0.0693. The van der Waals surface area contributed by atoms with Gasteiger partial charge in [-0.05, 0) is 60.8 Å². The first-order chi connectivity index (χ1) is 9.65. The molecule has 0 aromatic heterocycles. The molecule has 0 saturated carbocycles. The van der Waals surface area contributed by atoms with Crippen LogP contribution in [0.1, 0.15) is 32.8 Å². The van der Waals surface area contributed by atoms with E-state index in [1.54, 1.807) is 0 Å². The summed E-state index contributed by atoms with van der Waals surface area (Å²) in [6.07, 6.45) is 0.340. The molecule has 1 aliphatic heterocycles. The van der Waals surface area contributed by atoms with E-state index in [0.717, 1.165) is 16.6 Å². The number of nitrogens with one attached hydrogen (secondary N) is 1. The molecule has 1 aliphatic rings. The minimum atomic E-state index is -2.91. The number of sulfone groups is 1. The molecule has 0 aliphatic carbocycles. The van der Waals surface area contributed by atoms with Gasteiger partial charge in [0.25, 0.3) is 0 Å². The van der Waals surface area contributed by atoms with Gasteiger partial charge in [-0.1, -0.05) is 6.07 Å². The Balaban J connectivity index is 1.99. The summed E-state index contributed by atoms with van der Waals surface area (Å²) in [6, 6.07) is 5.91. The van der Waals surface area contributed by atoms with Gasteiger partial charge in [-0.15, -0.1) is 0 Å². The highest BCUT2D eigenvalue weighted by Crippen LogP contribution is 2.29. The summed E-state index contributed by atoms with van der Waals surface area (Å²) < 4.78 is 29.6. The molecule has 0 spiro atoms. The van der Waals surface area contributed by atoms with E-state index in [-0.39, 0.29) is 23.1 Å². The average molecular weight is 376 g/mol. The second-order valence-corrected chi connectivity index (χ2v) is 9.59. The van der Waals surface area contributed by atoms with Crippen LogP contribution in [0.2, 0.25) is 0 Å². The van der Waals surface area contributed by atoms with Crippen molar-refractivity contribution in [2.75, 3.05) is 11.5 Å². The highest BCUT2D eigenvalue weighted by atomic mass is 79.9. The van der Waals surface area contributed by atoms with E-state index in [4.69, 9.17) is 4.74 Å². The van der Waals surface area contributed by atoms with E-state index in [9.17, 15) is 8.42 Å². The third kappa shape index (κ3) is 5.27. The van der Waals surface area contributed by atoms with Crippen LogP contribution in [-0.2, 0) is 16.4 Å². The van der Waals surface area contributed by atoms with Crippen molar-refractivity contribution in [3.63, 3.8) is 0 Å². The average Bonchev–Trinajstić information content (AvgIpc) is 2.68. The smallest absolute Gasteiger partial charge is 0.154 e. The largest absolute Gasteiger partial charge is 0.488 e. The summed E-state index contributed by atoms with van der Waals surface area (Å²) in [5.41, 5.74) is 1.23. The van der Waals surface area contributed by atoms with Gasteiger partial charge in [0.2, 0.25) is 0 Å². The maximum Gasteiger partial charge on any atom is 0.154 e. The molecule has 0 amide bonds. The van der Waals surface area contributed by atoms with Gasteiger partial charge in [0.1, 0.15) is 11.9 Å². The molecule has 1 aromatic rings. The predicted molar refractivity (Wildman–Crippen MR) is 88.4 cm³/mol. The van der Waals surface area contributed by atoms with Crippen molar-refractivity contribution in [2.24, 2.45) is 0 Å². The Morgan fingerprint density at radius 1 is 1.38 bits per heavy atom. The molecule has 6 heteroatoms. The number of benzene rings is 1. The fraction of sp³-hybridized carbons (Fsp3) is 0.600. The highest BCUT2D eigenvalue weighted by molar-refractivity contribution is 9.10. The maximum atomic E-state index is 11.4. The topological polar surface area (TPSA) is 55.4 Å². The molecule has 4 nitrogen and oxygen atoms in total. The SMILES string of the molecule is CC(C)(C)NCc1ccc(OC2CCS(=O)(=O)C2)c(Br)c1. The van der Waals surface area contributed by atoms with Gasteiger partial charge in [0, 0.05) is 12.1 Å². The first-order valence-electron chi connectivity index (χ1n) is 7.05. The summed E-state index contributed by atoms with van der Waals surface area (Å²) in [7, 11) is -2.91. The Bertz CT molecular complexity index is 608. The van der Waals surface area contributed by atoms with E-state index in [0.29, 0.717) is 12.2 Å². The van der Waals surface area contributed by atoms with Crippen molar-refractivity contribution >= 4 is 25.8 Å². The van der Waals surface area contributed by atoms with Crippen molar-refractivity contribution in [2.45, 2.75) is 45.4 Å². The molecule has 1 unspecified atom stereocenters. The fourth-order valence-corrected chi connectivity index (χ4v) is 4.26. The van der Waals surface area contributed by atoms with Crippen LogP contribution in [0, 0.1) is 0 Å². The van der Waals surface area contributed by atoms with Crippen molar-refractivity contribution < 1.29 is 13.2 Å². The molecule has 1 aromatic carbocycles. The molecule has 1 heterocycles. The molecular weight excluding hydrogens is 354 g/mol. The van der Waals surface area contributed by atoms with E-state index >= 15 is 0 Å². The normalized spacial score (nSPS) is 21.4. The number of hydrogen-bond acceptors (Lipinski definition) is 4. The zero-order valence-electron chi connectivity index (χ0n) is 12.6. The van der Waals surface area contributed by atoms with Gasteiger partial charge < -0.3 is 10.1 Å². The van der Waals surface area contributed by atoms with Crippen LogP contribution in [0.4, 0.5) is 0 Å². The summed E-state index contributed by atoms with van der Waals surface area (Å²) in [4.78, 5) is 0. The zero-order chi connectivity index (χ0) is 15.7. The van der Waals surface area contributed by atoms with Crippen LogP contribution in [0.15, 0.2) is 22.7 Å². The first kappa shape index (κ1) is 16.8. The van der Waals surface area contributed by atoms with E-state index in [2.05, 4.69) is 42.0 Å². The highest BCUT2D eigenvalue weighted by Gasteiger charge is 2.29. The van der Waals surface area contributed by atoms with E-state index < -0.39 is 9.84 Å². The minimum Gasteiger partial charge on any atom is -0.488 e. The predicted octanol–water partition coefficient (Wildman–Crippen LogP) is 2.90. The Labute approximate surface area is 135 Å². The van der Waals surface area contributed by atoms with Crippen LogP contribution in [0.5, 0.6) is 5.75 Å². The van der Waals surface area contributed by atoms with Gasteiger partial charge in [0.15, 0.2) is 9.84 Å². The molecule has 2 rings (SSSR count). The van der Waals surface area contributed by atoms with Gasteiger partial charge >= 0.3 is 0 Å². The third-order valence-corrected chi connectivity index (χ3v) is 5.66. The van der Waals surface area contributed by atoms with Crippen LogP contribution < -0.4 is 10.1 Å². The fourth-order valence-electron chi connectivity index (χ4n) is 2.15. The lowest BCUT2D eigenvalue weighted by Gasteiger charge is -2.21. The quantitative estimate of drug-likeness (QED) is 0.878. The van der Waals surface area contributed by atoms with E-state index in [1.165, 1.54) is 0 Å². The van der Waals surface area contributed by atoms with Crippen molar-refractivity contribution in [1.29, 1.82) is 0 Å². The molecular formula is C15H22BrNO3S. The monoisotopic (exact) mass is 375 g/mol. The molecule has 21 heavy (non-hydrogen) atoms. The number of halogens is 1. The molecule has 0 radical (unpaired) electrons. The Hall–Kier alpha value is -0.590. The van der Waals surface area contributed by atoms with Gasteiger partial charge in [0.05, 0.1) is 16.0 Å². The zero-order valence-corrected chi connectivity index (χ0v) is 15.1. The Kier molecular flexibility index (Phi) is 5.00. The lowest BCUT2D eigenvalue weighted by Crippen LogP contribution is -2.35. The summed E-state index contributed by atoms with van der Waals surface area (Å²) >= 11 is 3.50. The van der Waals surface area contributed by atoms with Crippen LogP contribution in [0.3, 0.4) is 0 Å². The van der Waals surface area contributed by atoms with Crippen molar-refractivity contribution in [3.8, 4) is 5.75 Å².